The number of amides is 1. The number of nitrogens with one attached hydrogen (secondary N) is 1. The third kappa shape index (κ3) is 2.78. The topological polar surface area (TPSA) is 55.1 Å². The van der Waals surface area contributed by atoms with E-state index < -0.39 is 0 Å². The fourth-order valence-corrected chi connectivity index (χ4v) is 4.93. The number of carbonyl (C=O) groups is 1. The largest absolute Gasteiger partial charge is 0.355 e. The van der Waals surface area contributed by atoms with E-state index in [2.05, 4.69) is 12.2 Å². The van der Waals surface area contributed by atoms with Crippen LogP contribution in [0.2, 0.25) is 0 Å². The van der Waals surface area contributed by atoms with Gasteiger partial charge in [0.2, 0.25) is 5.91 Å². The van der Waals surface area contributed by atoms with Crippen molar-refractivity contribution in [2.24, 2.45) is 34.8 Å². The molecule has 0 aliphatic heterocycles. The molecule has 4 fully saturated rings. The maximum atomic E-state index is 12.6. The van der Waals surface area contributed by atoms with Crippen LogP contribution in [-0.4, -0.2) is 19.0 Å². The van der Waals surface area contributed by atoms with Gasteiger partial charge in [-0.05, 0) is 68.7 Å². The maximum absolute atomic E-state index is 12.6. The summed E-state index contributed by atoms with van der Waals surface area (Å²) in [7, 11) is 0. The molecule has 0 radical (unpaired) electrons. The average molecular weight is 287 g/mol. The van der Waals surface area contributed by atoms with Crippen LogP contribution in [0.15, 0.2) is 0 Å². The summed E-state index contributed by atoms with van der Waals surface area (Å²) in [6, 6.07) is 0. The van der Waals surface area contributed by atoms with Gasteiger partial charge in [0, 0.05) is 12.0 Å². The average Bonchev–Trinajstić information content (AvgIpc) is 2.33. The molecule has 4 saturated carbocycles. The lowest BCUT2D eigenvalue weighted by atomic mass is 9.49. The molecule has 0 aromatic carbocycles. The van der Waals surface area contributed by atoms with Gasteiger partial charge in [0.15, 0.2) is 0 Å². The van der Waals surface area contributed by atoms with Crippen LogP contribution in [0.5, 0.6) is 0 Å². The normalized spacial score (nSPS) is 40.6. The minimum absolute atomic E-state index is 0. The first-order valence-corrected chi connectivity index (χ1v) is 7.59. The van der Waals surface area contributed by atoms with Gasteiger partial charge < -0.3 is 11.1 Å². The summed E-state index contributed by atoms with van der Waals surface area (Å²) in [5.41, 5.74) is 5.62. The van der Waals surface area contributed by atoms with Crippen molar-refractivity contribution in [3.63, 3.8) is 0 Å². The Morgan fingerprint density at radius 1 is 1.21 bits per heavy atom. The molecular formula is C15H27ClN2O. The van der Waals surface area contributed by atoms with Gasteiger partial charge in [-0.25, -0.2) is 0 Å². The highest BCUT2D eigenvalue weighted by molar-refractivity contribution is 5.85. The van der Waals surface area contributed by atoms with E-state index in [1.54, 1.807) is 0 Å². The maximum Gasteiger partial charge on any atom is 0.226 e. The molecule has 0 aromatic heterocycles. The van der Waals surface area contributed by atoms with Gasteiger partial charge in [0.25, 0.3) is 0 Å². The number of rotatable bonds is 4. The Morgan fingerprint density at radius 2 is 1.68 bits per heavy atom. The first kappa shape index (κ1) is 15.1. The van der Waals surface area contributed by atoms with E-state index in [9.17, 15) is 4.79 Å². The SMILES string of the molecule is CC(CN)CNC(=O)C12CC3CC(CC(C3)C1)C2.Cl. The van der Waals surface area contributed by atoms with Crippen LogP contribution in [0.4, 0.5) is 0 Å². The highest BCUT2D eigenvalue weighted by Crippen LogP contribution is 2.60. The minimum atomic E-state index is 0. The molecule has 4 rings (SSSR count). The van der Waals surface area contributed by atoms with E-state index in [0.717, 1.165) is 43.6 Å². The van der Waals surface area contributed by atoms with Gasteiger partial charge in [0.05, 0.1) is 0 Å². The number of carbonyl (C=O) groups excluding carboxylic acids is 1. The molecule has 4 aliphatic rings. The standard InChI is InChI=1S/C15H26N2O.ClH/c1-10(8-16)9-17-14(18)15-5-11-2-12(6-15)4-13(3-11)7-15;/h10-13H,2-9,16H2,1H3,(H,17,18);1H. The third-order valence-corrected chi connectivity index (χ3v) is 5.53. The van der Waals surface area contributed by atoms with Gasteiger partial charge in [0.1, 0.15) is 0 Å². The second-order valence-corrected chi connectivity index (χ2v) is 7.25. The summed E-state index contributed by atoms with van der Waals surface area (Å²) in [6.45, 7) is 3.50. The molecule has 4 heteroatoms. The molecule has 3 N–H and O–H groups in total. The van der Waals surface area contributed by atoms with Crippen LogP contribution >= 0.6 is 12.4 Å². The summed E-state index contributed by atoms with van der Waals surface area (Å²) in [6.07, 6.45) is 7.65. The Labute approximate surface area is 122 Å². The van der Waals surface area contributed by atoms with Crippen molar-refractivity contribution >= 4 is 18.3 Å². The molecule has 1 amide bonds. The first-order chi connectivity index (χ1) is 8.61. The van der Waals surface area contributed by atoms with Crippen LogP contribution in [0.25, 0.3) is 0 Å². The van der Waals surface area contributed by atoms with Crippen molar-refractivity contribution in [1.29, 1.82) is 0 Å². The molecule has 0 aromatic rings. The van der Waals surface area contributed by atoms with E-state index in [1.165, 1.54) is 19.3 Å². The van der Waals surface area contributed by atoms with Gasteiger partial charge >= 0.3 is 0 Å². The lowest BCUT2D eigenvalue weighted by Gasteiger charge is -2.55. The zero-order valence-corrected chi connectivity index (χ0v) is 12.7. The van der Waals surface area contributed by atoms with Crippen LogP contribution in [-0.2, 0) is 4.79 Å². The van der Waals surface area contributed by atoms with Crippen molar-refractivity contribution in [2.75, 3.05) is 13.1 Å². The molecule has 4 aliphatic carbocycles. The molecule has 1 unspecified atom stereocenters. The summed E-state index contributed by atoms with van der Waals surface area (Å²) >= 11 is 0. The Balaban J connectivity index is 0.00000133. The number of nitrogens with two attached hydrogens (primary N) is 1. The molecule has 4 bridgehead atoms. The quantitative estimate of drug-likeness (QED) is 0.833. The lowest BCUT2D eigenvalue weighted by molar-refractivity contribution is -0.146. The predicted octanol–water partition coefficient (Wildman–Crippen LogP) is 2.34. The van der Waals surface area contributed by atoms with Crippen molar-refractivity contribution in [3.8, 4) is 0 Å². The second-order valence-electron chi connectivity index (χ2n) is 7.25. The number of halogens is 1. The van der Waals surface area contributed by atoms with Crippen molar-refractivity contribution in [2.45, 2.75) is 45.4 Å². The van der Waals surface area contributed by atoms with Gasteiger partial charge in [-0.15, -0.1) is 12.4 Å². The van der Waals surface area contributed by atoms with Crippen LogP contribution < -0.4 is 11.1 Å². The van der Waals surface area contributed by atoms with Crippen LogP contribution in [0.3, 0.4) is 0 Å². The summed E-state index contributed by atoms with van der Waals surface area (Å²) in [4.78, 5) is 12.6. The fourth-order valence-electron chi connectivity index (χ4n) is 4.93. The monoisotopic (exact) mass is 286 g/mol. The lowest BCUT2D eigenvalue weighted by Crippen LogP contribution is -2.54. The zero-order chi connectivity index (χ0) is 12.8. The number of hydrogen-bond donors (Lipinski definition) is 2. The van der Waals surface area contributed by atoms with Crippen molar-refractivity contribution in [1.82, 2.24) is 5.32 Å². The minimum Gasteiger partial charge on any atom is -0.355 e. The molecule has 19 heavy (non-hydrogen) atoms. The summed E-state index contributed by atoms with van der Waals surface area (Å²) < 4.78 is 0. The zero-order valence-electron chi connectivity index (χ0n) is 11.9. The van der Waals surface area contributed by atoms with E-state index in [1.807, 2.05) is 0 Å². The van der Waals surface area contributed by atoms with E-state index in [4.69, 9.17) is 5.73 Å². The van der Waals surface area contributed by atoms with E-state index in [-0.39, 0.29) is 17.8 Å². The highest BCUT2D eigenvalue weighted by atomic mass is 35.5. The smallest absolute Gasteiger partial charge is 0.226 e. The molecule has 0 saturated heterocycles. The van der Waals surface area contributed by atoms with Crippen LogP contribution in [0.1, 0.15) is 45.4 Å². The predicted molar refractivity (Wildman–Crippen MR) is 79.1 cm³/mol. The van der Waals surface area contributed by atoms with E-state index in [0.29, 0.717) is 18.4 Å². The Kier molecular flexibility index (Phi) is 4.46. The Bertz CT molecular complexity index is 310. The molecule has 0 heterocycles. The first-order valence-electron chi connectivity index (χ1n) is 7.59. The Hall–Kier alpha value is -0.280. The van der Waals surface area contributed by atoms with Gasteiger partial charge in [-0.3, -0.25) is 4.79 Å². The van der Waals surface area contributed by atoms with E-state index >= 15 is 0 Å². The summed E-state index contributed by atoms with van der Waals surface area (Å²) in [5.74, 6) is 3.25. The van der Waals surface area contributed by atoms with Crippen LogP contribution in [0, 0.1) is 29.1 Å². The third-order valence-electron chi connectivity index (χ3n) is 5.53. The molecular weight excluding hydrogens is 260 g/mol. The Morgan fingerprint density at radius 3 is 2.11 bits per heavy atom. The molecule has 0 spiro atoms. The van der Waals surface area contributed by atoms with Gasteiger partial charge in [-0.1, -0.05) is 6.92 Å². The molecule has 110 valence electrons. The van der Waals surface area contributed by atoms with Crippen molar-refractivity contribution < 1.29 is 4.79 Å². The number of hydrogen-bond acceptors (Lipinski definition) is 2. The van der Waals surface area contributed by atoms with Gasteiger partial charge in [-0.2, -0.15) is 0 Å². The molecule has 3 nitrogen and oxygen atoms in total. The fraction of sp³-hybridized carbons (Fsp3) is 0.933. The molecule has 1 atom stereocenters. The van der Waals surface area contributed by atoms with Crippen molar-refractivity contribution in [3.05, 3.63) is 0 Å². The highest BCUT2D eigenvalue weighted by Gasteiger charge is 2.54. The summed E-state index contributed by atoms with van der Waals surface area (Å²) in [5, 5.41) is 3.17. The second kappa shape index (κ2) is 5.61.